The van der Waals surface area contributed by atoms with Gasteiger partial charge in [0, 0.05) is 0 Å². The van der Waals surface area contributed by atoms with Crippen molar-refractivity contribution in [3.63, 3.8) is 0 Å². The molecule has 0 radical (unpaired) electrons. The molecule has 0 aromatic heterocycles. The number of rotatable bonds is 1. The van der Waals surface area contributed by atoms with E-state index in [1.807, 2.05) is 0 Å². The molecule has 56 valence electrons. The minimum absolute atomic E-state index is 0.359. The van der Waals surface area contributed by atoms with E-state index < -0.39 is 19.3 Å². The van der Waals surface area contributed by atoms with Crippen molar-refractivity contribution in [2.45, 2.75) is 0 Å². The normalized spacial score (nSPS) is 21.1. The van der Waals surface area contributed by atoms with Crippen LogP contribution in [-0.2, 0) is 14.1 Å². The van der Waals surface area contributed by atoms with Crippen LogP contribution in [0.25, 0.3) is 0 Å². The molecular formula is C3H3ClNO4P. The molecule has 1 aliphatic rings. The Morgan fingerprint density at radius 3 is 2.40 bits per heavy atom. The van der Waals surface area contributed by atoms with E-state index in [-0.39, 0.29) is 6.61 Å². The van der Waals surface area contributed by atoms with Gasteiger partial charge in [-0.1, -0.05) is 0 Å². The summed E-state index contributed by atoms with van der Waals surface area (Å²) in [6, 6.07) is 0. The summed E-state index contributed by atoms with van der Waals surface area (Å²) in [5, 5.41) is 0. The summed E-state index contributed by atoms with van der Waals surface area (Å²) in [5.41, 5.74) is 0. The minimum Gasteiger partial charge on any atom is -0.439 e. The van der Waals surface area contributed by atoms with Gasteiger partial charge < -0.3 is 4.74 Å². The second-order valence-corrected chi connectivity index (χ2v) is 3.46. The molecule has 1 rings (SSSR count). The van der Waals surface area contributed by atoms with E-state index in [0.29, 0.717) is 4.67 Å². The van der Waals surface area contributed by atoms with Crippen LogP contribution in [0.5, 0.6) is 0 Å². The second kappa shape index (κ2) is 2.60. The summed E-state index contributed by atoms with van der Waals surface area (Å²) in [4.78, 5) is 21.0. The maximum atomic E-state index is 10.5. The standard InChI is InChI=1S/C3H3ClNO4P/c4-10(8)5-2(6)1-9-3(5)7/h10H,1H2. The lowest BCUT2D eigenvalue weighted by Gasteiger charge is -2.02. The number of imide groups is 1. The van der Waals surface area contributed by atoms with Gasteiger partial charge in [-0.25, -0.2) is 4.79 Å². The Morgan fingerprint density at radius 1 is 1.60 bits per heavy atom. The number of halogens is 1. The topological polar surface area (TPSA) is 63.7 Å². The monoisotopic (exact) mass is 183 g/mol. The average molecular weight is 183 g/mol. The van der Waals surface area contributed by atoms with Crippen molar-refractivity contribution in [1.82, 2.24) is 4.67 Å². The SMILES string of the molecule is O=C1COC(=O)N1[PH](=O)Cl. The van der Waals surface area contributed by atoms with Crippen LogP contribution < -0.4 is 0 Å². The highest BCUT2D eigenvalue weighted by atomic mass is 35.7. The third-order valence-electron chi connectivity index (χ3n) is 0.927. The predicted molar refractivity (Wildman–Crippen MR) is 33.0 cm³/mol. The van der Waals surface area contributed by atoms with Crippen LogP contribution in [0.1, 0.15) is 0 Å². The zero-order chi connectivity index (χ0) is 7.72. The van der Waals surface area contributed by atoms with Crippen LogP contribution in [-0.4, -0.2) is 23.3 Å². The van der Waals surface area contributed by atoms with E-state index in [1.165, 1.54) is 0 Å². The molecule has 1 aliphatic heterocycles. The Balaban J connectivity index is 2.82. The van der Waals surface area contributed by atoms with Gasteiger partial charge in [-0.05, 0) is 11.2 Å². The second-order valence-electron chi connectivity index (χ2n) is 1.54. The van der Waals surface area contributed by atoms with Crippen molar-refractivity contribution in [1.29, 1.82) is 0 Å². The van der Waals surface area contributed by atoms with Gasteiger partial charge in [-0.2, -0.15) is 4.67 Å². The van der Waals surface area contributed by atoms with Crippen LogP contribution in [0.15, 0.2) is 0 Å². The lowest BCUT2D eigenvalue weighted by atomic mass is 10.7. The Kier molecular flexibility index (Phi) is 1.97. The molecule has 1 unspecified atom stereocenters. The number of ether oxygens (including phenoxy) is 1. The first-order chi connectivity index (χ1) is 4.63. The number of cyclic esters (lactones) is 1. The molecule has 0 N–H and O–H groups in total. The fourth-order valence-corrected chi connectivity index (χ4v) is 1.48. The highest BCUT2D eigenvalue weighted by molar-refractivity contribution is 7.72. The summed E-state index contributed by atoms with van der Waals surface area (Å²) < 4.78 is 15.1. The van der Waals surface area contributed by atoms with E-state index in [9.17, 15) is 14.2 Å². The first-order valence-electron chi connectivity index (χ1n) is 2.32. The Labute approximate surface area is 61.5 Å². The van der Waals surface area contributed by atoms with Gasteiger partial charge in [0.15, 0.2) is 6.61 Å². The Hall–Kier alpha value is -0.540. The predicted octanol–water partition coefficient (Wildman–Crippen LogP) is 0.594. The number of hydrogen-bond donors (Lipinski definition) is 0. The summed E-state index contributed by atoms with van der Waals surface area (Å²) in [5.74, 6) is -0.649. The van der Waals surface area contributed by atoms with Crippen molar-refractivity contribution in [2.75, 3.05) is 6.61 Å². The maximum absolute atomic E-state index is 10.5. The van der Waals surface area contributed by atoms with Crippen LogP contribution >= 0.6 is 18.5 Å². The largest absolute Gasteiger partial charge is 0.439 e. The number of carbonyl (C=O) groups excluding carboxylic acids is 2. The summed E-state index contributed by atoms with van der Waals surface area (Å²) >= 11 is 5.02. The highest BCUT2D eigenvalue weighted by Crippen LogP contribution is 2.35. The number of carbonyl (C=O) groups is 2. The molecule has 10 heavy (non-hydrogen) atoms. The first kappa shape index (κ1) is 7.57. The Bertz CT molecular complexity index is 201. The van der Waals surface area contributed by atoms with Gasteiger partial charge >= 0.3 is 6.09 Å². The van der Waals surface area contributed by atoms with Gasteiger partial charge in [0.25, 0.3) is 13.2 Å². The third-order valence-corrected chi connectivity index (χ3v) is 2.22. The molecule has 5 nitrogen and oxygen atoms in total. The first-order valence-corrected chi connectivity index (χ1v) is 4.69. The molecule has 1 saturated heterocycles. The van der Waals surface area contributed by atoms with E-state index in [2.05, 4.69) is 4.74 Å². The highest BCUT2D eigenvalue weighted by Gasteiger charge is 2.34. The fraction of sp³-hybridized carbons (Fsp3) is 0.333. The minimum atomic E-state index is -2.78. The molecule has 0 aliphatic carbocycles. The smallest absolute Gasteiger partial charge is 0.423 e. The molecular weight excluding hydrogens is 180 g/mol. The number of hydrogen-bond acceptors (Lipinski definition) is 4. The molecule has 0 aromatic rings. The van der Waals surface area contributed by atoms with Crippen molar-refractivity contribution in [3.05, 3.63) is 0 Å². The van der Waals surface area contributed by atoms with Gasteiger partial charge in [0.1, 0.15) is 0 Å². The van der Waals surface area contributed by atoms with Crippen molar-refractivity contribution in [3.8, 4) is 0 Å². The van der Waals surface area contributed by atoms with Gasteiger partial charge in [-0.3, -0.25) is 9.36 Å². The molecule has 1 heterocycles. The Morgan fingerprint density at radius 2 is 2.20 bits per heavy atom. The molecule has 0 bridgehead atoms. The van der Waals surface area contributed by atoms with Gasteiger partial charge in [-0.15, -0.1) is 0 Å². The van der Waals surface area contributed by atoms with E-state index >= 15 is 0 Å². The summed E-state index contributed by atoms with van der Waals surface area (Å²) in [7, 11) is -2.78. The van der Waals surface area contributed by atoms with Crippen LogP contribution in [0.2, 0.25) is 0 Å². The number of amides is 2. The van der Waals surface area contributed by atoms with Crippen molar-refractivity contribution in [2.24, 2.45) is 0 Å². The third kappa shape index (κ3) is 1.15. The maximum Gasteiger partial charge on any atom is 0.423 e. The molecule has 0 saturated carbocycles. The van der Waals surface area contributed by atoms with E-state index in [4.69, 9.17) is 11.2 Å². The molecule has 1 fully saturated rings. The van der Waals surface area contributed by atoms with Crippen LogP contribution in [0.4, 0.5) is 4.79 Å². The molecule has 2 amide bonds. The summed E-state index contributed by atoms with van der Waals surface area (Å²) in [6.45, 7) is -0.359. The van der Waals surface area contributed by atoms with Crippen LogP contribution in [0, 0.1) is 0 Å². The zero-order valence-corrected chi connectivity index (χ0v) is 6.42. The summed E-state index contributed by atoms with van der Waals surface area (Å²) in [6.07, 6.45) is -0.927. The van der Waals surface area contributed by atoms with E-state index in [0.717, 1.165) is 0 Å². The lowest BCUT2D eigenvalue weighted by Crippen LogP contribution is -2.19. The molecule has 0 spiro atoms. The van der Waals surface area contributed by atoms with Crippen molar-refractivity contribution < 1.29 is 18.9 Å². The van der Waals surface area contributed by atoms with Crippen LogP contribution in [0.3, 0.4) is 0 Å². The van der Waals surface area contributed by atoms with E-state index in [1.54, 1.807) is 0 Å². The lowest BCUT2D eigenvalue weighted by molar-refractivity contribution is -0.122. The van der Waals surface area contributed by atoms with Gasteiger partial charge in [0.2, 0.25) is 0 Å². The number of nitrogens with zero attached hydrogens (tertiary/aromatic N) is 1. The average Bonchev–Trinajstić information content (AvgIpc) is 2.11. The molecule has 0 aromatic carbocycles. The molecule has 7 heteroatoms. The fourth-order valence-electron chi connectivity index (χ4n) is 0.524. The van der Waals surface area contributed by atoms with Crippen molar-refractivity contribution >= 4 is 30.5 Å². The zero-order valence-electron chi connectivity index (χ0n) is 4.67. The molecule has 1 atom stereocenters. The van der Waals surface area contributed by atoms with Gasteiger partial charge in [0.05, 0.1) is 0 Å². The quantitative estimate of drug-likeness (QED) is 0.558.